The SMILES string of the molecule is CC(=O)NCCNS(=O)(=O)c1ccc2c(c1)oc(=O)n2C. The van der Waals surface area contributed by atoms with Crippen LogP contribution in [0, 0.1) is 0 Å². The van der Waals surface area contributed by atoms with Crippen molar-refractivity contribution < 1.29 is 17.6 Å². The van der Waals surface area contributed by atoms with Gasteiger partial charge in [0.2, 0.25) is 15.9 Å². The second kappa shape index (κ2) is 5.70. The molecule has 0 saturated heterocycles. The van der Waals surface area contributed by atoms with Crippen LogP contribution in [0.25, 0.3) is 11.1 Å². The van der Waals surface area contributed by atoms with E-state index in [1.165, 1.54) is 36.7 Å². The summed E-state index contributed by atoms with van der Waals surface area (Å²) < 4.78 is 32.7. The van der Waals surface area contributed by atoms with Crippen LogP contribution >= 0.6 is 0 Å². The van der Waals surface area contributed by atoms with Crippen LogP contribution in [-0.4, -0.2) is 32.0 Å². The molecule has 1 amide bonds. The minimum atomic E-state index is -3.73. The molecule has 0 aliphatic carbocycles. The number of hydrogen-bond donors (Lipinski definition) is 2. The van der Waals surface area contributed by atoms with Gasteiger partial charge in [-0.1, -0.05) is 0 Å². The highest BCUT2D eigenvalue weighted by molar-refractivity contribution is 7.89. The van der Waals surface area contributed by atoms with Crippen LogP contribution < -0.4 is 15.8 Å². The lowest BCUT2D eigenvalue weighted by Crippen LogP contribution is -2.33. The lowest BCUT2D eigenvalue weighted by Gasteiger charge is -2.07. The van der Waals surface area contributed by atoms with E-state index in [9.17, 15) is 18.0 Å². The number of carbonyl (C=O) groups is 1. The molecule has 1 heterocycles. The van der Waals surface area contributed by atoms with E-state index in [2.05, 4.69) is 10.0 Å². The first-order chi connectivity index (χ1) is 9.81. The number of aryl methyl sites for hydroxylation is 1. The summed E-state index contributed by atoms with van der Waals surface area (Å²) in [5.41, 5.74) is 0.712. The van der Waals surface area contributed by atoms with Gasteiger partial charge in [0.25, 0.3) is 0 Å². The van der Waals surface area contributed by atoms with Crippen LogP contribution in [0.1, 0.15) is 6.92 Å². The van der Waals surface area contributed by atoms with E-state index in [0.29, 0.717) is 5.52 Å². The van der Waals surface area contributed by atoms with Crippen molar-refractivity contribution in [2.75, 3.05) is 13.1 Å². The van der Waals surface area contributed by atoms with E-state index in [1.54, 1.807) is 0 Å². The molecule has 8 nitrogen and oxygen atoms in total. The Balaban J connectivity index is 2.20. The fourth-order valence-electron chi connectivity index (χ4n) is 1.79. The third-order valence-electron chi connectivity index (χ3n) is 2.87. The summed E-state index contributed by atoms with van der Waals surface area (Å²) in [5.74, 6) is -0.792. The molecule has 0 bridgehead atoms. The maximum atomic E-state index is 12.1. The predicted molar refractivity (Wildman–Crippen MR) is 75.3 cm³/mol. The number of benzene rings is 1. The number of nitrogens with one attached hydrogen (secondary N) is 2. The quantitative estimate of drug-likeness (QED) is 0.726. The molecule has 0 radical (unpaired) electrons. The van der Waals surface area contributed by atoms with E-state index >= 15 is 0 Å². The van der Waals surface area contributed by atoms with Crippen molar-refractivity contribution in [2.45, 2.75) is 11.8 Å². The summed E-state index contributed by atoms with van der Waals surface area (Å²) in [5, 5.41) is 2.48. The van der Waals surface area contributed by atoms with Crippen LogP contribution in [-0.2, 0) is 21.9 Å². The number of hydrogen-bond acceptors (Lipinski definition) is 5. The molecule has 21 heavy (non-hydrogen) atoms. The van der Waals surface area contributed by atoms with Crippen LogP contribution in [0.2, 0.25) is 0 Å². The smallest absolute Gasteiger partial charge is 0.408 e. The van der Waals surface area contributed by atoms with Crippen molar-refractivity contribution in [3.63, 3.8) is 0 Å². The average Bonchev–Trinajstić information content (AvgIpc) is 2.70. The first kappa shape index (κ1) is 15.3. The highest BCUT2D eigenvalue weighted by Crippen LogP contribution is 2.17. The first-order valence-electron chi connectivity index (χ1n) is 6.15. The molecule has 0 aliphatic rings. The summed E-state index contributed by atoms with van der Waals surface area (Å²) in [6, 6.07) is 4.18. The highest BCUT2D eigenvalue weighted by atomic mass is 32.2. The van der Waals surface area contributed by atoms with Gasteiger partial charge in [-0.2, -0.15) is 0 Å². The molecule has 0 fully saturated rings. The van der Waals surface area contributed by atoms with Gasteiger partial charge in [0.05, 0.1) is 10.4 Å². The molecule has 0 aliphatic heterocycles. The maximum absolute atomic E-state index is 12.1. The Bertz CT molecular complexity index is 834. The van der Waals surface area contributed by atoms with Gasteiger partial charge in [0.15, 0.2) is 5.58 Å². The Labute approximate surface area is 120 Å². The Morgan fingerprint density at radius 2 is 2.05 bits per heavy atom. The Hall–Kier alpha value is -2.13. The van der Waals surface area contributed by atoms with Crippen molar-refractivity contribution in [3.8, 4) is 0 Å². The van der Waals surface area contributed by atoms with Crippen LogP contribution in [0.5, 0.6) is 0 Å². The Morgan fingerprint density at radius 1 is 1.33 bits per heavy atom. The second-order valence-electron chi connectivity index (χ2n) is 4.44. The molecule has 1 aromatic carbocycles. The zero-order chi connectivity index (χ0) is 15.6. The molecule has 2 N–H and O–H groups in total. The topological polar surface area (TPSA) is 110 Å². The lowest BCUT2D eigenvalue weighted by molar-refractivity contribution is -0.118. The summed E-state index contributed by atoms with van der Waals surface area (Å²) in [7, 11) is -2.19. The molecule has 1 aromatic heterocycles. The minimum absolute atomic E-state index is 0.00725. The molecule has 0 unspecified atom stereocenters. The lowest BCUT2D eigenvalue weighted by atomic mass is 10.3. The molecule has 2 aromatic rings. The van der Waals surface area contributed by atoms with E-state index < -0.39 is 15.8 Å². The summed E-state index contributed by atoms with van der Waals surface area (Å²) in [6.07, 6.45) is 0. The number of rotatable bonds is 5. The zero-order valence-electron chi connectivity index (χ0n) is 11.5. The van der Waals surface area contributed by atoms with Gasteiger partial charge in [-0.15, -0.1) is 0 Å². The fourth-order valence-corrected chi connectivity index (χ4v) is 2.84. The van der Waals surface area contributed by atoms with Crippen molar-refractivity contribution in [1.29, 1.82) is 0 Å². The maximum Gasteiger partial charge on any atom is 0.419 e. The number of aromatic nitrogens is 1. The normalized spacial score (nSPS) is 11.7. The van der Waals surface area contributed by atoms with Crippen LogP contribution in [0.4, 0.5) is 0 Å². The van der Waals surface area contributed by atoms with Crippen molar-refractivity contribution >= 4 is 27.0 Å². The average molecular weight is 313 g/mol. The highest BCUT2D eigenvalue weighted by Gasteiger charge is 2.16. The van der Waals surface area contributed by atoms with Crippen LogP contribution in [0.3, 0.4) is 0 Å². The van der Waals surface area contributed by atoms with E-state index in [0.717, 1.165) is 0 Å². The molecule has 0 atom stereocenters. The number of sulfonamides is 1. The summed E-state index contributed by atoms with van der Waals surface area (Å²) >= 11 is 0. The fraction of sp³-hybridized carbons (Fsp3) is 0.333. The molecule has 0 saturated carbocycles. The number of carbonyl (C=O) groups excluding carboxylic acids is 1. The van der Waals surface area contributed by atoms with Crippen molar-refractivity contribution in [3.05, 3.63) is 28.7 Å². The largest absolute Gasteiger partial charge is 0.419 e. The van der Waals surface area contributed by atoms with Gasteiger partial charge in [-0.3, -0.25) is 9.36 Å². The predicted octanol–water partition coefficient (Wildman–Crippen LogP) is -0.454. The number of amides is 1. The van der Waals surface area contributed by atoms with E-state index in [4.69, 9.17) is 4.42 Å². The summed E-state index contributed by atoms with van der Waals surface area (Å²) in [6.45, 7) is 1.61. The Morgan fingerprint density at radius 3 is 2.71 bits per heavy atom. The third-order valence-corrected chi connectivity index (χ3v) is 4.32. The molecule has 0 spiro atoms. The number of oxazole rings is 1. The third kappa shape index (κ3) is 3.31. The molecule has 9 heteroatoms. The monoisotopic (exact) mass is 313 g/mol. The number of fused-ring (bicyclic) bond motifs is 1. The molecular weight excluding hydrogens is 298 g/mol. The van der Waals surface area contributed by atoms with E-state index in [-0.39, 0.29) is 29.5 Å². The molecule has 2 rings (SSSR count). The molecular formula is C12H15N3O5S. The van der Waals surface area contributed by atoms with Gasteiger partial charge < -0.3 is 9.73 Å². The van der Waals surface area contributed by atoms with Gasteiger partial charge in [-0.25, -0.2) is 17.9 Å². The summed E-state index contributed by atoms with van der Waals surface area (Å²) in [4.78, 5) is 22.0. The van der Waals surface area contributed by atoms with Gasteiger partial charge >= 0.3 is 5.76 Å². The second-order valence-corrected chi connectivity index (χ2v) is 6.20. The minimum Gasteiger partial charge on any atom is -0.408 e. The van der Waals surface area contributed by atoms with E-state index in [1.807, 2.05) is 0 Å². The molecule has 114 valence electrons. The standard InChI is InChI=1S/C12H15N3O5S/c1-8(16)13-5-6-14-21(18,19)9-3-4-10-11(7-9)20-12(17)15(10)2/h3-4,7,14H,5-6H2,1-2H3,(H,13,16). The number of nitrogens with zero attached hydrogens (tertiary/aromatic N) is 1. The van der Waals surface area contributed by atoms with Gasteiger partial charge in [0.1, 0.15) is 0 Å². The zero-order valence-corrected chi connectivity index (χ0v) is 12.4. The van der Waals surface area contributed by atoms with Crippen LogP contribution in [0.15, 0.2) is 32.3 Å². The van der Waals surface area contributed by atoms with Gasteiger partial charge in [-0.05, 0) is 12.1 Å². The van der Waals surface area contributed by atoms with Crippen molar-refractivity contribution in [2.24, 2.45) is 7.05 Å². The Kier molecular flexibility index (Phi) is 4.14. The van der Waals surface area contributed by atoms with Crippen molar-refractivity contribution in [1.82, 2.24) is 14.6 Å². The first-order valence-corrected chi connectivity index (χ1v) is 7.63. The van der Waals surface area contributed by atoms with Gasteiger partial charge in [0, 0.05) is 33.1 Å².